The van der Waals surface area contributed by atoms with E-state index in [1.54, 1.807) is 0 Å². The largest absolute Gasteiger partial charge is 0.573 e. The van der Waals surface area contributed by atoms with Gasteiger partial charge in [-0.05, 0) is 37.8 Å². The van der Waals surface area contributed by atoms with Crippen molar-refractivity contribution in [1.82, 2.24) is 5.32 Å². The second-order valence-electron chi connectivity index (χ2n) is 5.58. The van der Waals surface area contributed by atoms with Crippen molar-refractivity contribution in [2.45, 2.75) is 43.6 Å². The zero-order valence-corrected chi connectivity index (χ0v) is 11.2. The van der Waals surface area contributed by atoms with Crippen molar-refractivity contribution in [3.8, 4) is 5.75 Å². The molecular formula is C14H15F3N2O2. The van der Waals surface area contributed by atoms with Gasteiger partial charge in [-0.1, -0.05) is 6.07 Å². The number of carbonyl (C=O) groups is 1. The molecule has 1 aromatic rings. The molecule has 7 heteroatoms. The van der Waals surface area contributed by atoms with Crippen molar-refractivity contribution in [1.29, 1.82) is 0 Å². The van der Waals surface area contributed by atoms with Gasteiger partial charge >= 0.3 is 6.36 Å². The maximum absolute atomic E-state index is 12.2. The van der Waals surface area contributed by atoms with Gasteiger partial charge in [0.2, 0.25) is 5.91 Å². The van der Waals surface area contributed by atoms with Crippen LogP contribution >= 0.6 is 0 Å². The summed E-state index contributed by atoms with van der Waals surface area (Å²) in [5.74, 6) is -0.568. The SMILES string of the molecule is O=C(Nc1cccc(OC(F)(F)F)c1)[C@@H]1CCC2(CC2)N1. The van der Waals surface area contributed by atoms with Crippen LogP contribution in [0, 0.1) is 0 Å². The maximum Gasteiger partial charge on any atom is 0.573 e. The van der Waals surface area contributed by atoms with Crippen LogP contribution in [0.3, 0.4) is 0 Å². The lowest BCUT2D eigenvalue weighted by atomic mass is 10.1. The Balaban J connectivity index is 1.62. The number of carbonyl (C=O) groups excluding carboxylic acids is 1. The molecule has 1 aliphatic carbocycles. The van der Waals surface area contributed by atoms with Crippen molar-refractivity contribution < 1.29 is 22.7 Å². The van der Waals surface area contributed by atoms with Crippen LogP contribution in [0.25, 0.3) is 0 Å². The number of ether oxygens (including phenoxy) is 1. The minimum atomic E-state index is -4.74. The van der Waals surface area contributed by atoms with E-state index in [4.69, 9.17) is 0 Å². The number of alkyl halides is 3. The fraction of sp³-hybridized carbons (Fsp3) is 0.500. The molecule has 21 heavy (non-hydrogen) atoms. The molecule has 1 spiro atoms. The second-order valence-corrected chi connectivity index (χ2v) is 5.58. The summed E-state index contributed by atoms with van der Waals surface area (Å²) in [4.78, 5) is 12.1. The molecule has 1 saturated carbocycles. The van der Waals surface area contributed by atoms with E-state index >= 15 is 0 Å². The highest BCUT2D eigenvalue weighted by Gasteiger charge is 2.49. The third-order valence-electron chi connectivity index (χ3n) is 3.90. The first-order valence-corrected chi connectivity index (χ1v) is 6.80. The summed E-state index contributed by atoms with van der Waals surface area (Å²) in [6.45, 7) is 0. The Hall–Kier alpha value is -1.76. The van der Waals surface area contributed by atoms with Crippen LogP contribution in [0.2, 0.25) is 0 Å². The highest BCUT2D eigenvalue weighted by molar-refractivity contribution is 5.95. The topological polar surface area (TPSA) is 50.4 Å². The first kappa shape index (κ1) is 14.2. The molecule has 3 rings (SSSR count). The Bertz CT molecular complexity index is 555. The molecule has 2 aliphatic rings. The average molecular weight is 300 g/mol. The van der Waals surface area contributed by atoms with E-state index in [1.165, 1.54) is 18.2 Å². The number of nitrogens with one attached hydrogen (secondary N) is 2. The zero-order valence-electron chi connectivity index (χ0n) is 11.2. The molecule has 1 amide bonds. The Kier molecular flexibility index (Phi) is 3.32. The summed E-state index contributed by atoms with van der Waals surface area (Å²) in [5, 5.41) is 5.92. The molecule has 2 N–H and O–H groups in total. The first-order chi connectivity index (χ1) is 9.85. The van der Waals surface area contributed by atoms with Crippen LogP contribution in [0.5, 0.6) is 5.75 Å². The van der Waals surface area contributed by atoms with Crippen molar-refractivity contribution in [3.63, 3.8) is 0 Å². The molecule has 0 radical (unpaired) electrons. The third-order valence-corrected chi connectivity index (χ3v) is 3.90. The lowest BCUT2D eigenvalue weighted by molar-refractivity contribution is -0.274. The summed E-state index contributed by atoms with van der Waals surface area (Å²) in [6, 6.07) is 5.01. The molecule has 0 aromatic heterocycles. The minimum absolute atomic E-state index is 0.142. The maximum atomic E-state index is 12.2. The van der Waals surface area contributed by atoms with E-state index in [0.29, 0.717) is 5.69 Å². The number of hydrogen-bond acceptors (Lipinski definition) is 3. The molecular weight excluding hydrogens is 285 g/mol. The lowest BCUT2D eigenvalue weighted by Crippen LogP contribution is -2.39. The monoisotopic (exact) mass is 300 g/mol. The summed E-state index contributed by atoms with van der Waals surface area (Å²) in [6.07, 6.45) is -0.835. The fourth-order valence-corrected chi connectivity index (χ4v) is 2.68. The Morgan fingerprint density at radius 2 is 2.10 bits per heavy atom. The van der Waals surface area contributed by atoms with Gasteiger partial charge in [-0.25, -0.2) is 0 Å². The first-order valence-electron chi connectivity index (χ1n) is 6.80. The van der Waals surface area contributed by atoms with E-state index in [-0.39, 0.29) is 23.2 Å². The van der Waals surface area contributed by atoms with Gasteiger partial charge in [0.05, 0.1) is 6.04 Å². The van der Waals surface area contributed by atoms with Gasteiger partial charge in [-0.3, -0.25) is 4.79 Å². The van der Waals surface area contributed by atoms with E-state index < -0.39 is 6.36 Å². The Morgan fingerprint density at radius 3 is 2.71 bits per heavy atom. The molecule has 1 aromatic carbocycles. The van der Waals surface area contributed by atoms with Gasteiger partial charge in [-0.2, -0.15) is 0 Å². The zero-order chi connectivity index (χ0) is 15.1. The minimum Gasteiger partial charge on any atom is -0.406 e. The predicted molar refractivity (Wildman–Crippen MR) is 69.9 cm³/mol. The molecule has 0 unspecified atom stereocenters. The van der Waals surface area contributed by atoms with Gasteiger partial charge in [0.1, 0.15) is 5.75 Å². The number of rotatable bonds is 3. The molecule has 0 bridgehead atoms. The van der Waals surface area contributed by atoms with E-state index in [2.05, 4.69) is 15.4 Å². The Labute approximate surface area is 119 Å². The van der Waals surface area contributed by atoms with Gasteiger partial charge < -0.3 is 15.4 Å². The molecule has 1 atom stereocenters. The van der Waals surface area contributed by atoms with Gasteiger partial charge in [0, 0.05) is 17.3 Å². The highest BCUT2D eigenvalue weighted by Crippen LogP contribution is 2.44. The summed E-state index contributed by atoms with van der Waals surface area (Å²) in [5.41, 5.74) is 0.434. The van der Waals surface area contributed by atoms with Crippen LogP contribution in [0.15, 0.2) is 24.3 Å². The molecule has 114 valence electrons. The highest BCUT2D eigenvalue weighted by atomic mass is 19.4. The van der Waals surface area contributed by atoms with Gasteiger partial charge in [0.25, 0.3) is 0 Å². The number of anilines is 1. The second kappa shape index (κ2) is 4.91. The quantitative estimate of drug-likeness (QED) is 0.902. The van der Waals surface area contributed by atoms with Crippen LogP contribution in [0.4, 0.5) is 18.9 Å². The molecule has 4 nitrogen and oxygen atoms in total. The number of hydrogen-bond donors (Lipinski definition) is 2. The summed E-state index contributed by atoms with van der Waals surface area (Å²) in [7, 11) is 0. The summed E-state index contributed by atoms with van der Waals surface area (Å²) >= 11 is 0. The average Bonchev–Trinajstić information content (AvgIpc) is 2.97. The molecule has 2 fully saturated rings. The van der Waals surface area contributed by atoms with Crippen molar-refractivity contribution in [2.75, 3.05) is 5.32 Å². The van der Waals surface area contributed by atoms with E-state index in [9.17, 15) is 18.0 Å². The van der Waals surface area contributed by atoms with E-state index in [1.807, 2.05) is 0 Å². The number of amides is 1. The lowest BCUT2D eigenvalue weighted by Gasteiger charge is -2.14. The predicted octanol–water partition coefficient (Wildman–Crippen LogP) is 2.81. The van der Waals surface area contributed by atoms with E-state index in [0.717, 1.165) is 31.7 Å². The van der Waals surface area contributed by atoms with Gasteiger partial charge in [-0.15, -0.1) is 13.2 Å². The standard InChI is InChI=1S/C14H15F3N2O2/c15-14(16,17)21-10-3-1-2-9(8-10)18-12(20)11-4-5-13(19-11)6-7-13/h1-3,8,11,19H,4-7H2,(H,18,20)/t11-/m0/s1. The smallest absolute Gasteiger partial charge is 0.406 e. The van der Waals surface area contributed by atoms with Crippen LogP contribution in [0.1, 0.15) is 25.7 Å². The fourth-order valence-electron chi connectivity index (χ4n) is 2.68. The molecule has 1 aliphatic heterocycles. The van der Waals surface area contributed by atoms with Crippen molar-refractivity contribution in [3.05, 3.63) is 24.3 Å². The summed E-state index contributed by atoms with van der Waals surface area (Å²) < 4.78 is 40.3. The van der Waals surface area contributed by atoms with Crippen molar-refractivity contribution >= 4 is 11.6 Å². The number of halogens is 3. The van der Waals surface area contributed by atoms with Crippen LogP contribution < -0.4 is 15.4 Å². The normalized spacial score (nSPS) is 23.1. The number of benzene rings is 1. The van der Waals surface area contributed by atoms with Crippen LogP contribution in [-0.4, -0.2) is 23.9 Å². The van der Waals surface area contributed by atoms with Gasteiger partial charge in [0.15, 0.2) is 0 Å². The Morgan fingerprint density at radius 1 is 1.33 bits per heavy atom. The van der Waals surface area contributed by atoms with Crippen LogP contribution in [-0.2, 0) is 4.79 Å². The molecule has 1 heterocycles. The molecule has 1 saturated heterocycles. The van der Waals surface area contributed by atoms with Crippen molar-refractivity contribution in [2.24, 2.45) is 0 Å². The third kappa shape index (κ3) is 3.47.